The molecule has 0 radical (unpaired) electrons. The zero-order valence-electron chi connectivity index (χ0n) is 18.4. The Kier molecular flexibility index (Phi) is 5.70. The maximum atomic E-state index is 11.5. The number of hydrogen-bond donors (Lipinski definition) is 2. The van der Waals surface area contributed by atoms with Crippen molar-refractivity contribution in [2.45, 2.75) is 5.75 Å². The van der Waals surface area contributed by atoms with E-state index in [0.717, 1.165) is 39.7 Å². The largest absolute Gasteiger partial charge is 0.359 e. The lowest BCUT2D eigenvalue weighted by Gasteiger charge is -2.19. The standard InChI is InChI=1S/C22H25N7O2S/c1-23-22-26-18-13-17(9-10-19(18)29(22)3)28(2)20-11-12-24-21(27-20)25-16-7-5-15(6-8-16)14-32(4,30)31/h5-13H,14H2,1-4H3,(H,23,26)(H,24,25,27). The first-order valence-electron chi connectivity index (χ1n) is 9.98. The highest BCUT2D eigenvalue weighted by Gasteiger charge is 2.12. The minimum Gasteiger partial charge on any atom is -0.359 e. The number of fused-ring (bicyclic) bond motifs is 1. The van der Waals surface area contributed by atoms with Crippen LogP contribution in [0.4, 0.5) is 29.1 Å². The molecule has 0 bridgehead atoms. The molecule has 4 aromatic rings. The molecule has 10 heteroatoms. The van der Waals surface area contributed by atoms with Gasteiger partial charge in [0.05, 0.1) is 16.8 Å². The molecule has 166 valence electrons. The highest BCUT2D eigenvalue weighted by molar-refractivity contribution is 7.89. The average Bonchev–Trinajstić information content (AvgIpc) is 3.09. The molecular weight excluding hydrogens is 426 g/mol. The number of benzene rings is 2. The lowest BCUT2D eigenvalue weighted by atomic mass is 10.2. The Balaban J connectivity index is 1.54. The maximum Gasteiger partial charge on any atom is 0.229 e. The van der Waals surface area contributed by atoms with Crippen molar-refractivity contribution in [1.82, 2.24) is 19.5 Å². The lowest BCUT2D eigenvalue weighted by Crippen LogP contribution is -2.12. The Morgan fingerprint density at radius 3 is 2.50 bits per heavy atom. The Morgan fingerprint density at radius 2 is 1.81 bits per heavy atom. The molecule has 0 fully saturated rings. The van der Waals surface area contributed by atoms with E-state index in [2.05, 4.69) is 25.6 Å². The highest BCUT2D eigenvalue weighted by atomic mass is 32.2. The van der Waals surface area contributed by atoms with Crippen LogP contribution >= 0.6 is 0 Å². The number of aromatic nitrogens is 4. The van der Waals surface area contributed by atoms with Crippen molar-refractivity contribution < 1.29 is 8.42 Å². The second-order valence-corrected chi connectivity index (χ2v) is 9.75. The molecule has 0 saturated carbocycles. The van der Waals surface area contributed by atoms with Gasteiger partial charge in [0.15, 0.2) is 9.84 Å². The van der Waals surface area contributed by atoms with E-state index in [4.69, 9.17) is 0 Å². The van der Waals surface area contributed by atoms with Gasteiger partial charge in [0.25, 0.3) is 0 Å². The van der Waals surface area contributed by atoms with Gasteiger partial charge in [0.2, 0.25) is 11.9 Å². The quantitative estimate of drug-likeness (QED) is 0.440. The van der Waals surface area contributed by atoms with E-state index in [1.165, 1.54) is 6.26 Å². The third-order valence-electron chi connectivity index (χ3n) is 5.10. The fourth-order valence-electron chi connectivity index (χ4n) is 3.47. The summed E-state index contributed by atoms with van der Waals surface area (Å²) in [6.07, 6.45) is 2.91. The maximum absolute atomic E-state index is 11.5. The molecule has 0 amide bonds. The van der Waals surface area contributed by atoms with Crippen LogP contribution < -0.4 is 15.5 Å². The van der Waals surface area contributed by atoms with Crippen LogP contribution in [0.25, 0.3) is 11.0 Å². The van der Waals surface area contributed by atoms with Gasteiger partial charge in [-0.1, -0.05) is 12.1 Å². The molecule has 0 aliphatic carbocycles. The second-order valence-electron chi connectivity index (χ2n) is 7.61. The predicted octanol–water partition coefficient (Wildman–Crippen LogP) is 3.46. The van der Waals surface area contributed by atoms with E-state index >= 15 is 0 Å². The Morgan fingerprint density at radius 1 is 1.06 bits per heavy atom. The lowest BCUT2D eigenvalue weighted by molar-refractivity contribution is 0.601. The molecule has 0 spiro atoms. The third kappa shape index (κ3) is 4.65. The fraction of sp³-hybridized carbons (Fsp3) is 0.227. The third-order valence-corrected chi connectivity index (χ3v) is 5.96. The molecule has 32 heavy (non-hydrogen) atoms. The summed E-state index contributed by atoms with van der Waals surface area (Å²) in [6, 6.07) is 15.1. The number of imidazole rings is 1. The van der Waals surface area contributed by atoms with Crippen molar-refractivity contribution in [2.24, 2.45) is 7.05 Å². The van der Waals surface area contributed by atoms with E-state index in [0.29, 0.717) is 5.95 Å². The molecule has 4 rings (SSSR count). The van der Waals surface area contributed by atoms with Gasteiger partial charge < -0.3 is 20.1 Å². The molecule has 2 N–H and O–H groups in total. The zero-order chi connectivity index (χ0) is 22.9. The average molecular weight is 452 g/mol. The van der Waals surface area contributed by atoms with E-state index < -0.39 is 9.84 Å². The van der Waals surface area contributed by atoms with Crippen molar-refractivity contribution in [2.75, 3.05) is 35.9 Å². The smallest absolute Gasteiger partial charge is 0.229 e. The normalized spacial score (nSPS) is 11.5. The number of hydrogen-bond acceptors (Lipinski definition) is 8. The van der Waals surface area contributed by atoms with Crippen LogP contribution in [0.1, 0.15) is 5.56 Å². The fourth-order valence-corrected chi connectivity index (χ4v) is 4.26. The van der Waals surface area contributed by atoms with Gasteiger partial charge in [0, 0.05) is 45.0 Å². The van der Waals surface area contributed by atoms with E-state index in [9.17, 15) is 8.42 Å². The van der Waals surface area contributed by atoms with Gasteiger partial charge in [-0.15, -0.1) is 0 Å². The summed E-state index contributed by atoms with van der Waals surface area (Å²) >= 11 is 0. The van der Waals surface area contributed by atoms with Crippen molar-refractivity contribution >= 4 is 50.0 Å². The Labute approximate surface area is 187 Å². The van der Waals surface area contributed by atoms with Gasteiger partial charge in [-0.3, -0.25) is 0 Å². The van der Waals surface area contributed by atoms with Crippen molar-refractivity contribution in [3.63, 3.8) is 0 Å². The Hall–Kier alpha value is -3.66. The minimum absolute atomic E-state index is 0.0144. The first-order chi connectivity index (χ1) is 15.2. The molecule has 0 aliphatic heterocycles. The van der Waals surface area contributed by atoms with Gasteiger partial charge in [-0.05, 0) is 42.0 Å². The molecular formula is C22H25N7O2S. The zero-order valence-corrected chi connectivity index (χ0v) is 19.2. The van der Waals surface area contributed by atoms with Crippen LogP contribution in [-0.4, -0.2) is 48.3 Å². The number of rotatable bonds is 7. The first kappa shape index (κ1) is 21.6. The van der Waals surface area contributed by atoms with Crippen LogP contribution in [-0.2, 0) is 22.6 Å². The van der Waals surface area contributed by atoms with Gasteiger partial charge >= 0.3 is 0 Å². The summed E-state index contributed by atoms with van der Waals surface area (Å²) in [5, 5.41) is 6.26. The molecule has 0 saturated heterocycles. The highest BCUT2D eigenvalue weighted by Crippen LogP contribution is 2.27. The van der Waals surface area contributed by atoms with Crippen LogP contribution in [0.15, 0.2) is 54.7 Å². The van der Waals surface area contributed by atoms with Crippen molar-refractivity contribution in [3.05, 3.63) is 60.3 Å². The van der Waals surface area contributed by atoms with Gasteiger partial charge in [-0.25, -0.2) is 18.4 Å². The minimum atomic E-state index is -3.07. The number of aryl methyl sites for hydroxylation is 1. The summed E-state index contributed by atoms with van der Waals surface area (Å²) < 4.78 is 24.9. The van der Waals surface area contributed by atoms with Crippen LogP contribution in [0.5, 0.6) is 0 Å². The van der Waals surface area contributed by atoms with Crippen LogP contribution in [0, 0.1) is 0 Å². The van der Waals surface area contributed by atoms with Crippen molar-refractivity contribution in [1.29, 1.82) is 0 Å². The van der Waals surface area contributed by atoms with E-state index in [1.54, 1.807) is 18.3 Å². The van der Waals surface area contributed by atoms with Crippen molar-refractivity contribution in [3.8, 4) is 0 Å². The number of sulfone groups is 1. The predicted molar refractivity (Wildman–Crippen MR) is 129 cm³/mol. The number of anilines is 5. The molecule has 0 atom stereocenters. The monoisotopic (exact) mass is 451 g/mol. The van der Waals surface area contributed by atoms with E-state index in [1.807, 2.05) is 67.0 Å². The van der Waals surface area contributed by atoms with Crippen LogP contribution in [0.3, 0.4) is 0 Å². The summed E-state index contributed by atoms with van der Waals surface area (Å²) in [5.74, 6) is 1.98. The summed E-state index contributed by atoms with van der Waals surface area (Å²) in [7, 11) is 2.70. The number of nitrogens with one attached hydrogen (secondary N) is 2. The summed E-state index contributed by atoms with van der Waals surface area (Å²) in [4.78, 5) is 15.5. The molecule has 9 nitrogen and oxygen atoms in total. The SMILES string of the molecule is CNc1nc2cc(N(C)c3ccnc(Nc4ccc(CS(C)(=O)=O)cc4)n3)ccc2n1C. The Bertz CT molecular complexity index is 1370. The molecule has 2 aromatic heterocycles. The summed E-state index contributed by atoms with van der Waals surface area (Å²) in [5.41, 5.74) is 4.39. The molecule has 2 heterocycles. The molecule has 0 unspecified atom stereocenters. The first-order valence-corrected chi connectivity index (χ1v) is 12.0. The van der Waals surface area contributed by atoms with Crippen LogP contribution in [0.2, 0.25) is 0 Å². The van der Waals surface area contributed by atoms with Gasteiger partial charge in [-0.2, -0.15) is 4.98 Å². The summed E-state index contributed by atoms with van der Waals surface area (Å²) in [6.45, 7) is 0. The van der Waals surface area contributed by atoms with Gasteiger partial charge in [0.1, 0.15) is 5.82 Å². The second kappa shape index (κ2) is 8.46. The number of nitrogens with zero attached hydrogens (tertiary/aromatic N) is 5. The molecule has 0 aliphatic rings. The topological polar surface area (TPSA) is 105 Å². The molecule has 2 aromatic carbocycles. The van der Waals surface area contributed by atoms with E-state index in [-0.39, 0.29) is 5.75 Å².